The number of rotatable bonds is 4. The third kappa shape index (κ3) is 3.95. The van der Waals surface area contributed by atoms with E-state index in [0.717, 1.165) is 4.90 Å². The molecule has 2 atom stereocenters. The quantitative estimate of drug-likeness (QED) is 0.667. The molecule has 1 saturated heterocycles. The molecule has 180 valence electrons. The summed E-state index contributed by atoms with van der Waals surface area (Å²) < 4.78 is 91.1. The number of hydrogen-bond donors (Lipinski definition) is 1. The molecule has 0 saturated carbocycles. The molecule has 0 aliphatic carbocycles. The Bertz CT molecular complexity index is 979. The van der Waals surface area contributed by atoms with Gasteiger partial charge in [-0.2, -0.15) is 26.3 Å². The Morgan fingerprint density at radius 3 is 2.06 bits per heavy atom. The van der Waals surface area contributed by atoms with Gasteiger partial charge in [0.05, 0.1) is 12.9 Å². The Balaban J connectivity index is 1.72. The minimum absolute atomic E-state index is 0.206. The predicted octanol–water partition coefficient (Wildman–Crippen LogP) is 2.48. The zero-order valence-corrected chi connectivity index (χ0v) is 16.9. The Morgan fingerprint density at radius 2 is 1.55 bits per heavy atom. The number of halogens is 7. The Labute approximate surface area is 181 Å². The van der Waals surface area contributed by atoms with E-state index in [1.807, 2.05) is 0 Å². The summed E-state index contributed by atoms with van der Waals surface area (Å²) in [5, 5.41) is 2.23. The molecule has 1 aromatic carbocycles. The standard InChI is InChI=1S/C18H16F7N5O3/c1-28-13-12(14(32)29(2)15(28)33)30(8-26-13)7-11(31)27-10-5-3-9(4-6-10)16(19,17(20,21)22)18(23,24)25/h3-6,8,12-13H,7H2,1-2H3,(H,27,31). The van der Waals surface area contributed by atoms with Gasteiger partial charge < -0.3 is 15.1 Å². The number of alkyl halides is 7. The van der Waals surface area contributed by atoms with Gasteiger partial charge >= 0.3 is 24.1 Å². The number of nitrogens with one attached hydrogen (secondary N) is 1. The number of anilines is 1. The van der Waals surface area contributed by atoms with Crippen molar-refractivity contribution in [3.05, 3.63) is 29.8 Å². The molecule has 4 amide bonds. The van der Waals surface area contributed by atoms with Gasteiger partial charge in [-0.25, -0.2) is 14.2 Å². The van der Waals surface area contributed by atoms with Crippen LogP contribution in [0.25, 0.3) is 0 Å². The first-order valence-electron chi connectivity index (χ1n) is 9.15. The van der Waals surface area contributed by atoms with Gasteiger partial charge in [-0.1, -0.05) is 12.1 Å². The van der Waals surface area contributed by atoms with Crippen molar-refractivity contribution in [1.82, 2.24) is 14.7 Å². The fourth-order valence-electron chi connectivity index (χ4n) is 3.48. The van der Waals surface area contributed by atoms with E-state index in [4.69, 9.17) is 0 Å². The van der Waals surface area contributed by atoms with Gasteiger partial charge in [0, 0.05) is 25.3 Å². The summed E-state index contributed by atoms with van der Waals surface area (Å²) in [5.41, 5.74) is -7.48. The summed E-state index contributed by atoms with van der Waals surface area (Å²) in [6.45, 7) is -0.466. The lowest BCUT2D eigenvalue weighted by Gasteiger charge is -2.39. The van der Waals surface area contributed by atoms with Gasteiger partial charge in [0.1, 0.15) is 0 Å². The monoisotopic (exact) mass is 483 g/mol. The number of benzene rings is 1. The molecule has 15 heteroatoms. The molecule has 2 heterocycles. The summed E-state index contributed by atoms with van der Waals surface area (Å²) in [6, 6.07) is 0.328. The molecule has 3 rings (SSSR count). The molecule has 0 radical (unpaired) electrons. The van der Waals surface area contributed by atoms with Crippen LogP contribution in [0.2, 0.25) is 0 Å². The molecular weight excluding hydrogens is 467 g/mol. The molecule has 1 N–H and O–H groups in total. The maximum absolute atomic E-state index is 14.1. The third-order valence-electron chi connectivity index (χ3n) is 5.25. The highest BCUT2D eigenvalue weighted by Gasteiger charge is 2.73. The number of fused-ring (bicyclic) bond motifs is 1. The molecule has 1 fully saturated rings. The molecule has 0 bridgehead atoms. The van der Waals surface area contributed by atoms with Crippen molar-refractivity contribution in [3.8, 4) is 0 Å². The van der Waals surface area contributed by atoms with E-state index in [9.17, 15) is 45.1 Å². The first-order chi connectivity index (χ1) is 15.1. The van der Waals surface area contributed by atoms with Gasteiger partial charge in [-0.15, -0.1) is 0 Å². The fraction of sp³-hybridized carbons (Fsp3) is 0.444. The lowest BCUT2D eigenvalue weighted by molar-refractivity contribution is -0.348. The van der Waals surface area contributed by atoms with Crippen LogP contribution in [0.5, 0.6) is 0 Å². The molecular formula is C18H16F7N5O3. The van der Waals surface area contributed by atoms with E-state index in [1.165, 1.54) is 30.2 Å². The number of aliphatic imine (C=N–C) groups is 1. The number of likely N-dealkylation sites (N-methyl/N-ethyl adjacent to an activating group) is 2. The normalized spacial score (nSPS) is 21.5. The smallest absolute Gasteiger partial charge is 0.338 e. The van der Waals surface area contributed by atoms with E-state index < -0.39 is 60.2 Å². The van der Waals surface area contributed by atoms with E-state index in [2.05, 4.69) is 10.3 Å². The van der Waals surface area contributed by atoms with Crippen molar-refractivity contribution in [2.45, 2.75) is 30.2 Å². The van der Waals surface area contributed by atoms with E-state index in [0.29, 0.717) is 12.1 Å². The molecule has 2 aliphatic rings. The minimum atomic E-state index is -6.25. The summed E-state index contributed by atoms with van der Waals surface area (Å²) in [4.78, 5) is 44.0. The first kappa shape index (κ1) is 24.3. The lowest BCUT2D eigenvalue weighted by atomic mass is 9.94. The third-order valence-corrected chi connectivity index (χ3v) is 5.25. The molecule has 33 heavy (non-hydrogen) atoms. The van der Waals surface area contributed by atoms with Crippen LogP contribution in [-0.2, 0) is 15.3 Å². The summed E-state index contributed by atoms with van der Waals surface area (Å²) in [5.74, 6) is -1.40. The van der Waals surface area contributed by atoms with Crippen LogP contribution in [0.4, 0.5) is 41.2 Å². The number of carbonyl (C=O) groups is 3. The van der Waals surface area contributed by atoms with Gasteiger partial charge in [0.15, 0.2) is 12.2 Å². The average Bonchev–Trinajstić information content (AvgIpc) is 3.12. The SMILES string of the molecule is CN1C(=O)C2C(N=CN2CC(=O)Nc2ccc(C(F)(C(F)(F)F)C(F)(F)F)cc2)N(C)C1=O. The Kier molecular flexibility index (Phi) is 5.79. The van der Waals surface area contributed by atoms with Crippen LogP contribution in [0, 0.1) is 0 Å². The second-order valence-electron chi connectivity index (χ2n) is 7.37. The van der Waals surface area contributed by atoms with Crippen LogP contribution in [0.15, 0.2) is 29.3 Å². The molecule has 2 aliphatic heterocycles. The van der Waals surface area contributed by atoms with Gasteiger partial charge in [0.25, 0.3) is 5.91 Å². The molecule has 2 unspecified atom stereocenters. The Hall–Kier alpha value is -3.39. The van der Waals surface area contributed by atoms with Crippen LogP contribution in [0.1, 0.15) is 5.56 Å². The Morgan fingerprint density at radius 1 is 1.00 bits per heavy atom. The maximum Gasteiger partial charge on any atom is 0.435 e. The summed E-state index contributed by atoms with van der Waals surface area (Å²) in [6.07, 6.45) is -12.2. The maximum atomic E-state index is 14.1. The highest BCUT2D eigenvalue weighted by Crippen LogP contribution is 2.53. The molecule has 1 aromatic rings. The number of carbonyl (C=O) groups excluding carboxylic acids is 3. The number of amides is 4. The molecule has 0 aromatic heterocycles. The van der Waals surface area contributed by atoms with Crippen LogP contribution < -0.4 is 5.32 Å². The van der Waals surface area contributed by atoms with Crippen molar-refractivity contribution < 1.29 is 45.1 Å². The van der Waals surface area contributed by atoms with Crippen LogP contribution in [-0.4, -0.2) is 84.1 Å². The largest absolute Gasteiger partial charge is 0.435 e. The zero-order chi connectivity index (χ0) is 24.9. The van der Waals surface area contributed by atoms with Crippen LogP contribution in [0.3, 0.4) is 0 Å². The van der Waals surface area contributed by atoms with E-state index >= 15 is 0 Å². The number of urea groups is 1. The predicted molar refractivity (Wildman–Crippen MR) is 98.7 cm³/mol. The lowest BCUT2D eigenvalue weighted by Crippen LogP contribution is -2.64. The first-order valence-corrected chi connectivity index (χ1v) is 9.15. The minimum Gasteiger partial charge on any atom is -0.338 e. The number of imide groups is 1. The topological polar surface area (TPSA) is 85.3 Å². The summed E-state index contributed by atoms with van der Waals surface area (Å²) >= 11 is 0. The average molecular weight is 483 g/mol. The molecule has 0 spiro atoms. The number of hydrogen-bond acceptors (Lipinski definition) is 5. The summed E-state index contributed by atoms with van der Waals surface area (Å²) in [7, 11) is 2.67. The van der Waals surface area contributed by atoms with Crippen LogP contribution >= 0.6 is 0 Å². The second kappa shape index (κ2) is 7.88. The van der Waals surface area contributed by atoms with Crippen molar-refractivity contribution in [3.63, 3.8) is 0 Å². The van der Waals surface area contributed by atoms with E-state index in [-0.39, 0.29) is 17.8 Å². The van der Waals surface area contributed by atoms with Crippen molar-refractivity contribution in [2.24, 2.45) is 4.99 Å². The van der Waals surface area contributed by atoms with Crippen molar-refractivity contribution >= 4 is 29.9 Å². The van der Waals surface area contributed by atoms with Gasteiger partial charge in [0.2, 0.25) is 5.91 Å². The zero-order valence-electron chi connectivity index (χ0n) is 16.9. The van der Waals surface area contributed by atoms with Gasteiger partial charge in [-0.3, -0.25) is 14.5 Å². The van der Waals surface area contributed by atoms with Crippen molar-refractivity contribution in [1.29, 1.82) is 0 Å². The van der Waals surface area contributed by atoms with Crippen molar-refractivity contribution in [2.75, 3.05) is 26.0 Å². The number of nitrogens with zero attached hydrogens (tertiary/aromatic N) is 4. The van der Waals surface area contributed by atoms with Gasteiger partial charge in [-0.05, 0) is 12.1 Å². The fourth-order valence-corrected chi connectivity index (χ4v) is 3.48. The van der Waals surface area contributed by atoms with E-state index in [1.54, 1.807) is 0 Å². The molecule has 8 nitrogen and oxygen atoms in total. The second-order valence-corrected chi connectivity index (χ2v) is 7.37. The highest BCUT2D eigenvalue weighted by atomic mass is 19.4. The highest BCUT2D eigenvalue weighted by molar-refractivity contribution is 6.02.